The van der Waals surface area contributed by atoms with E-state index in [1.165, 1.54) is 19.3 Å². The van der Waals surface area contributed by atoms with E-state index in [1.807, 2.05) is 29.8 Å². The number of benzene rings is 1. The Bertz CT molecular complexity index is 584. The molecule has 0 spiro atoms. The third-order valence-corrected chi connectivity index (χ3v) is 4.51. The SMILES string of the molecule is Cc1cccc(N)c1-c1nnnn1CC1CCCC1C. The lowest BCUT2D eigenvalue weighted by Gasteiger charge is -2.16. The first-order chi connectivity index (χ1) is 9.66. The van der Waals surface area contributed by atoms with Crippen LogP contribution >= 0.6 is 0 Å². The maximum Gasteiger partial charge on any atom is 0.184 e. The summed E-state index contributed by atoms with van der Waals surface area (Å²) < 4.78 is 1.92. The highest BCUT2D eigenvalue weighted by atomic mass is 15.5. The first-order valence-electron chi connectivity index (χ1n) is 7.28. The normalized spacial score (nSPS) is 22.3. The van der Waals surface area contributed by atoms with E-state index in [9.17, 15) is 0 Å². The van der Waals surface area contributed by atoms with Gasteiger partial charge in [-0.05, 0) is 47.2 Å². The van der Waals surface area contributed by atoms with Crippen LogP contribution in [0.25, 0.3) is 11.4 Å². The Morgan fingerprint density at radius 2 is 2.20 bits per heavy atom. The van der Waals surface area contributed by atoms with Gasteiger partial charge in [-0.1, -0.05) is 31.9 Å². The number of hydrogen-bond acceptors (Lipinski definition) is 4. The number of rotatable bonds is 3. The molecule has 3 rings (SSSR count). The molecule has 0 bridgehead atoms. The summed E-state index contributed by atoms with van der Waals surface area (Å²) in [5, 5.41) is 12.2. The van der Waals surface area contributed by atoms with Crippen molar-refractivity contribution in [3.8, 4) is 11.4 Å². The monoisotopic (exact) mass is 271 g/mol. The second-order valence-corrected chi connectivity index (χ2v) is 5.89. The fourth-order valence-electron chi connectivity index (χ4n) is 3.22. The highest BCUT2D eigenvalue weighted by Crippen LogP contribution is 2.34. The second kappa shape index (κ2) is 5.23. The topological polar surface area (TPSA) is 69.6 Å². The number of hydrogen-bond donors (Lipinski definition) is 1. The standard InChI is InChI=1S/C15H21N5/c1-10-5-3-7-12(10)9-20-15(17-18-19-20)14-11(2)6-4-8-13(14)16/h4,6,8,10,12H,3,5,7,9,16H2,1-2H3. The maximum absolute atomic E-state index is 6.11. The van der Waals surface area contributed by atoms with Gasteiger partial charge in [-0.3, -0.25) is 0 Å². The molecule has 1 heterocycles. The molecule has 0 radical (unpaired) electrons. The van der Waals surface area contributed by atoms with Crippen LogP contribution in [0.4, 0.5) is 5.69 Å². The van der Waals surface area contributed by atoms with Gasteiger partial charge in [0.1, 0.15) is 0 Å². The third-order valence-electron chi connectivity index (χ3n) is 4.51. The van der Waals surface area contributed by atoms with Crippen LogP contribution in [-0.2, 0) is 6.54 Å². The van der Waals surface area contributed by atoms with E-state index < -0.39 is 0 Å². The minimum atomic E-state index is 0.669. The highest BCUT2D eigenvalue weighted by Gasteiger charge is 2.25. The van der Waals surface area contributed by atoms with Crippen molar-refractivity contribution in [3.05, 3.63) is 23.8 Å². The molecular formula is C15H21N5. The first-order valence-corrected chi connectivity index (χ1v) is 7.28. The minimum Gasteiger partial charge on any atom is -0.398 e. The quantitative estimate of drug-likeness (QED) is 0.871. The van der Waals surface area contributed by atoms with Gasteiger partial charge in [0, 0.05) is 17.8 Å². The van der Waals surface area contributed by atoms with E-state index in [4.69, 9.17) is 5.73 Å². The summed E-state index contributed by atoms with van der Waals surface area (Å²) >= 11 is 0. The van der Waals surface area contributed by atoms with Gasteiger partial charge in [0.25, 0.3) is 0 Å². The minimum absolute atomic E-state index is 0.669. The Hall–Kier alpha value is -1.91. The van der Waals surface area contributed by atoms with Crippen molar-refractivity contribution in [3.63, 3.8) is 0 Å². The largest absolute Gasteiger partial charge is 0.398 e. The summed E-state index contributed by atoms with van der Waals surface area (Å²) in [7, 11) is 0. The van der Waals surface area contributed by atoms with Gasteiger partial charge in [-0.2, -0.15) is 0 Å². The zero-order valence-electron chi connectivity index (χ0n) is 12.1. The van der Waals surface area contributed by atoms with Crippen molar-refractivity contribution in [2.24, 2.45) is 11.8 Å². The Morgan fingerprint density at radius 1 is 1.35 bits per heavy atom. The molecule has 1 aromatic heterocycles. The van der Waals surface area contributed by atoms with E-state index in [0.29, 0.717) is 5.92 Å². The summed E-state index contributed by atoms with van der Waals surface area (Å²) in [5.74, 6) is 2.21. The lowest BCUT2D eigenvalue weighted by Crippen LogP contribution is -2.15. The molecule has 0 saturated heterocycles. The molecule has 2 aromatic rings. The van der Waals surface area contributed by atoms with E-state index in [0.717, 1.165) is 35.1 Å². The fraction of sp³-hybridized carbons (Fsp3) is 0.533. The highest BCUT2D eigenvalue weighted by molar-refractivity contribution is 5.74. The predicted octanol–water partition coefficient (Wildman–Crippen LogP) is 2.67. The Balaban J connectivity index is 1.94. The molecule has 5 heteroatoms. The van der Waals surface area contributed by atoms with E-state index >= 15 is 0 Å². The molecular weight excluding hydrogens is 250 g/mol. The lowest BCUT2D eigenvalue weighted by molar-refractivity contribution is 0.346. The van der Waals surface area contributed by atoms with E-state index in [-0.39, 0.29) is 0 Å². The molecule has 2 unspecified atom stereocenters. The third kappa shape index (κ3) is 2.28. The van der Waals surface area contributed by atoms with Gasteiger partial charge < -0.3 is 5.73 Å². The summed E-state index contributed by atoms with van der Waals surface area (Å²) in [4.78, 5) is 0. The molecule has 1 saturated carbocycles. The lowest BCUT2D eigenvalue weighted by atomic mass is 9.98. The van der Waals surface area contributed by atoms with Gasteiger partial charge in [-0.15, -0.1) is 5.10 Å². The van der Waals surface area contributed by atoms with Crippen molar-refractivity contribution >= 4 is 5.69 Å². The molecule has 0 amide bonds. The molecule has 2 N–H and O–H groups in total. The summed E-state index contributed by atoms with van der Waals surface area (Å²) in [6, 6.07) is 5.91. The Morgan fingerprint density at radius 3 is 2.90 bits per heavy atom. The van der Waals surface area contributed by atoms with Gasteiger partial charge in [0.05, 0.1) is 0 Å². The molecule has 20 heavy (non-hydrogen) atoms. The summed E-state index contributed by atoms with van der Waals surface area (Å²) in [5.41, 5.74) is 8.92. The predicted molar refractivity (Wildman–Crippen MR) is 78.9 cm³/mol. The number of nitrogen functional groups attached to an aromatic ring is 1. The molecule has 1 aromatic carbocycles. The number of anilines is 1. The number of aromatic nitrogens is 4. The van der Waals surface area contributed by atoms with Gasteiger partial charge in [-0.25, -0.2) is 4.68 Å². The van der Waals surface area contributed by atoms with Crippen LogP contribution in [0.3, 0.4) is 0 Å². The van der Waals surface area contributed by atoms with Crippen molar-refractivity contribution in [1.29, 1.82) is 0 Å². The van der Waals surface area contributed by atoms with Crippen LogP contribution in [0.1, 0.15) is 31.7 Å². The number of nitrogens with zero attached hydrogens (tertiary/aromatic N) is 4. The number of aryl methyl sites for hydroxylation is 1. The molecule has 1 aliphatic carbocycles. The number of tetrazole rings is 1. The summed E-state index contributed by atoms with van der Waals surface area (Å²) in [6.45, 7) is 5.25. The molecule has 0 aliphatic heterocycles. The van der Waals surface area contributed by atoms with Crippen LogP contribution in [-0.4, -0.2) is 20.2 Å². The fourth-order valence-corrected chi connectivity index (χ4v) is 3.22. The zero-order valence-corrected chi connectivity index (χ0v) is 12.1. The van der Waals surface area contributed by atoms with E-state index in [2.05, 4.69) is 22.4 Å². The number of nitrogens with two attached hydrogens (primary N) is 1. The maximum atomic E-state index is 6.11. The van der Waals surface area contributed by atoms with Crippen molar-refractivity contribution in [2.75, 3.05) is 5.73 Å². The van der Waals surface area contributed by atoms with Crippen LogP contribution in [0, 0.1) is 18.8 Å². The zero-order chi connectivity index (χ0) is 14.1. The molecule has 1 fully saturated rings. The van der Waals surface area contributed by atoms with Gasteiger partial charge in [0.2, 0.25) is 0 Å². The van der Waals surface area contributed by atoms with Crippen LogP contribution in [0.2, 0.25) is 0 Å². The summed E-state index contributed by atoms with van der Waals surface area (Å²) in [6.07, 6.45) is 3.90. The first kappa shape index (κ1) is 13.1. The molecule has 1 aliphatic rings. The van der Waals surface area contributed by atoms with Crippen molar-refractivity contribution in [2.45, 2.75) is 39.7 Å². The smallest absolute Gasteiger partial charge is 0.184 e. The molecule has 106 valence electrons. The average molecular weight is 271 g/mol. The van der Waals surface area contributed by atoms with Crippen LogP contribution < -0.4 is 5.73 Å². The van der Waals surface area contributed by atoms with Gasteiger partial charge in [0.15, 0.2) is 5.82 Å². The van der Waals surface area contributed by atoms with Crippen molar-refractivity contribution < 1.29 is 0 Å². The van der Waals surface area contributed by atoms with E-state index in [1.54, 1.807) is 0 Å². The Kier molecular flexibility index (Phi) is 3.42. The molecule has 5 nitrogen and oxygen atoms in total. The van der Waals surface area contributed by atoms with Crippen molar-refractivity contribution in [1.82, 2.24) is 20.2 Å². The molecule has 2 atom stereocenters. The Labute approximate surface area is 119 Å². The van der Waals surface area contributed by atoms with Gasteiger partial charge >= 0.3 is 0 Å². The van der Waals surface area contributed by atoms with Crippen LogP contribution in [0.15, 0.2) is 18.2 Å². The average Bonchev–Trinajstić information content (AvgIpc) is 3.01. The second-order valence-electron chi connectivity index (χ2n) is 5.89. The van der Waals surface area contributed by atoms with Crippen LogP contribution in [0.5, 0.6) is 0 Å².